The van der Waals surface area contributed by atoms with Gasteiger partial charge < -0.3 is 10.1 Å². The number of hydrogen-bond donors (Lipinski definition) is 1. The molecular formula is C15H19BrN4O. The zero-order chi connectivity index (χ0) is 15.2. The molecular weight excluding hydrogens is 332 g/mol. The molecule has 21 heavy (non-hydrogen) atoms. The number of methoxy groups -OCH3 is 1. The monoisotopic (exact) mass is 350 g/mol. The molecule has 0 aliphatic heterocycles. The van der Waals surface area contributed by atoms with Gasteiger partial charge in [0.25, 0.3) is 0 Å². The van der Waals surface area contributed by atoms with E-state index < -0.39 is 0 Å². The lowest BCUT2D eigenvalue weighted by molar-refractivity contribution is 0.398. The van der Waals surface area contributed by atoms with Crippen LogP contribution >= 0.6 is 15.9 Å². The summed E-state index contributed by atoms with van der Waals surface area (Å²) in [6, 6.07) is 5.58. The van der Waals surface area contributed by atoms with Crippen LogP contribution in [0.2, 0.25) is 0 Å². The van der Waals surface area contributed by atoms with Crippen molar-refractivity contribution in [3.8, 4) is 17.4 Å². The van der Waals surface area contributed by atoms with Crippen LogP contribution in [0.4, 0.5) is 5.82 Å². The molecule has 0 atom stereocenters. The maximum absolute atomic E-state index is 5.16. The molecule has 2 rings (SSSR count). The van der Waals surface area contributed by atoms with Crippen LogP contribution in [0.5, 0.6) is 5.88 Å². The maximum atomic E-state index is 5.16. The molecule has 0 fully saturated rings. The third-order valence-electron chi connectivity index (χ3n) is 2.91. The number of aromatic nitrogens is 3. The Kier molecular flexibility index (Phi) is 5.50. The van der Waals surface area contributed by atoms with Crippen LogP contribution in [-0.2, 0) is 6.42 Å². The number of pyridine rings is 1. The molecule has 0 aromatic carbocycles. The van der Waals surface area contributed by atoms with Crippen LogP contribution in [-0.4, -0.2) is 28.6 Å². The van der Waals surface area contributed by atoms with E-state index in [0.29, 0.717) is 17.4 Å². The molecule has 6 heteroatoms. The van der Waals surface area contributed by atoms with Crippen LogP contribution in [0, 0.1) is 0 Å². The Hall–Kier alpha value is -1.69. The van der Waals surface area contributed by atoms with E-state index in [1.54, 1.807) is 13.2 Å². The second-order valence-corrected chi connectivity index (χ2v) is 5.30. The molecule has 0 unspecified atom stereocenters. The van der Waals surface area contributed by atoms with Crippen LogP contribution < -0.4 is 10.1 Å². The van der Waals surface area contributed by atoms with E-state index in [9.17, 15) is 0 Å². The third-order valence-corrected chi connectivity index (χ3v) is 3.75. The molecule has 0 saturated carbocycles. The summed E-state index contributed by atoms with van der Waals surface area (Å²) in [7, 11) is 1.60. The highest BCUT2D eigenvalue weighted by molar-refractivity contribution is 9.10. The third kappa shape index (κ3) is 3.69. The highest BCUT2D eigenvalue weighted by atomic mass is 79.9. The minimum atomic E-state index is 0.557. The van der Waals surface area contributed by atoms with Crippen molar-refractivity contribution in [1.82, 2.24) is 15.0 Å². The zero-order valence-electron chi connectivity index (χ0n) is 12.5. The van der Waals surface area contributed by atoms with E-state index in [1.165, 1.54) is 0 Å². The van der Waals surface area contributed by atoms with Crippen LogP contribution in [0.3, 0.4) is 0 Å². The van der Waals surface area contributed by atoms with Gasteiger partial charge in [0.15, 0.2) is 5.82 Å². The maximum Gasteiger partial charge on any atom is 0.213 e. The van der Waals surface area contributed by atoms with Crippen molar-refractivity contribution in [2.45, 2.75) is 26.7 Å². The smallest absolute Gasteiger partial charge is 0.213 e. The van der Waals surface area contributed by atoms with Gasteiger partial charge >= 0.3 is 0 Å². The fourth-order valence-corrected chi connectivity index (χ4v) is 2.46. The summed E-state index contributed by atoms with van der Waals surface area (Å²) < 4.78 is 6.09. The van der Waals surface area contributed by atoms with Crippen LogP contribution in [0.15, 0.2) is 22.7 Å². The molecule has 112 valence electrons. The molecule has 0 aliphatic carbocycles. The van der Waals surface area contributed by atoms with E-state index in [4.69, 9.17) is 4.74 Å². The molecule has 0 aliphatic rings. The molecule has 0 saturated heterocycles. The minimum Gasteiger partial charge on any atom is -0.481 e. The second kappa shape index (κ2) is 7.36. The first kappa shape index (κ1) is 15.7. The Bertz CT molecular complexity index is 591. The van der Waals surface area contributed by atoms with Crippen molar-refractivity contribution >= 4 is 21.7 Å². The number of hydrogen-bond acceptors (Lipinski definition) is 5. The summed E-state index contributed by atoms with van der Waals surface area (Å²) >= 11 is 3.59. The van der Waals surface area contributed by atoms with Crippen molar-refractivity contribution < 1.29 is 4.74 Å². The quantitative estimate of drug-likeness (QED) is 0.860. The van der Waals surface area contributed by atoms with Crippen LogP contribution in [0.1, 0.15) is 26.0 Å². The predicted octanol–water partition coefficient (Wildman–Crippen LogP) is 3.69. The largest absolute Gasteiger partial charge is 0.481 e. The van der Waals surface area contributed by atoms with Crippen molar-refractivity contribution in [3.05, 3.63) is 28.4 Å². The van der Waals surface area contributed by atoms with E-state index in [0.717, 1.165) is 35.4 Å². The summed E-state index contributed by atoms with van der Waals surface area (Å²) in [6.45, 7) is 4.97. The highest BCUT2D eigenvalue weighted by Gasteiger charge is 2.13. The van der Waals surface area contributed by atoms with Crippen molar-refractivity contribution in [2.75, 3.05) is 19.0 Å². The lowest BCUT2D eigenvalue weighted by Gasteiger charge is -2.12. The molecule has 1 N–H and O–H groups in total. The lowest BCUT2D eigenvalue weighted by atomic mass is 10.2. The second-order valence-electron chi connectivity index (χ2n) is 4.50. The fourth-order valence-electron chi connectivity index (χ4n) is 1.95. The van der Waals surface area contributed by atoms with Crippen molar-refractivity contribution in [1.29, 1.82) is 0 Å². The number of nitrogens with zero attached hydrogens (tertiary/aromatic N) is 3. The SMILES string of the molecule is CCCc1nc(-c2cccc(OC)n2)nc(NCC)c1Br. The van der Waals surface area contributed by atoms with Crippen LogP contribution in [0.25, 0.3) is 11.5 Å². The molecule has 2 aromatic heterocycles. The normalized spacial score (nSPS) is 10.5. The highest BCUT2D eigenvalue weighted by Crippen LogP contribution is 2.28. The van der Waals surface area contributed by atoms with Gasteiger partial charge in [0.1, 0.15) is 11.5 Å². The number of rotatable bonds is 6. The van der Waals surface area contributed by atoms with Gasteiger partial charge in [0.05, 0.1) is 17.3 Å². The topological polar surface area (TPSA) is 59.9 Å². The lowest BCUT2D eigenvalue weighted by Crippen LogP contribution is -2.07. The van der Waals surface area contributed by atoms with E-state index in [2.05, 4.69) is 43.1 Å². The number of anilines is 1. The van der Waals surface area contributed by atoms with Gasteiger partial charge in [0.2, 0.25) is 5.88 Å². The molecule has 2 heterocycles. The summed E-state index contributed by atoms with van der Waals surface area (Å²) in [6.07, 6.45) is 1.91. The molecule has 0 amide bonds. The first-order chi connectivity index (χ1) is 10.2. The van der Waals surface area contributed by atoms with Gasteiger partial charge in [-0.3, -0.25) is 0 Å². The Labute approximate surface area is 133 Å². The van der Waals surface area contributed by atoms with Gasteiger partial charge in [-0.25, -0.2) is 15.0 Å². The van der Waals surface area contributed by atoms with Crippen molar-refractivity contribution in [2.24, 2.45) is 0 Å². The summed E-state index contributed by atoms with van der Waals surface area (Å²) in [5.74, 6) is 1.97. The molecule has 0 bridgehead atoms. The number of ether oxygens (including phenoxy) is 1. The summed E-state index contributed by atoms with van der Waals surface area (Å²) in [5, 5.41) is 3.26. The Balaban J connectivity index is 2.51. The van der Waals surface area contributed by atoms with Gasteiger partial charge in [-0.2, -0.15) is 0 Å². The summed E-state index contributed by atoms with van der Waals surface area (Å²) in [5.41, 5.74) is 1.70. The van der Waals surface area contributed by atoms with E-state index in [1.807, 2.05) is 19.1 Å². The van der Waals surface area contributed by atoms with E-state index >= 15 is 0 Å². The standard InChI is InChI=1S/C15H19BrN4O/c1-4-7-10-13(16)15(17-5-2)20-14(19-10)11-8-6-9-12(18-11)21-3/h6,8-9H,4-5,7H2,1-3H3,(H,17,19,20). The van der Waals surface area contributed by atoms with Gasteiger partial charge in [-0.15, -0.1) is 0 Å². The molecule has 2 aromatic rings. The van der Waals surface area contributed by atoms with E-state index in [-0.39, 0.29) is 0 Å². The number of aryl methyl sites for hydroxylation is 1. The Morgan fingerprint density at radius 3 is 2.67 bits per heavy atom. The number of halogens is 1. The predicted molar refractivity (Wildman–Crippen MR) is 87.7 cm³/mol. The first-order valence-electron chi connectivity index (χ1n) is 7.01. The van der Waals surface area contributed by atoms with Gasteiger partial charge in [-0.1, -0.05) is 19.4 Å². The fraction of sp³-hybridized carbons (Fsp3) is 0.400. The zero-order valence-corrected chi connectivity index (χ0v) is 14.1. The number of nitrogens with one attached hydrogen (secondary N) is 1. The minimum absolute atomic E-state index is 0.557. The Morgan fingerprint density at radius 1 is 1.19 bits per heavy atom. The molecule has 0 radical (unpaired) electrons. The summed E-state index contributed by atoms with van der Waals surface area (Å²) in [4.78, 5) is 13.6. The Morgan fingerprint density at radius 2 is 2.00 bits per heavy atom. The molecule has 5 nitrogen and oxygen atoms in total. The first-order valence-corrected chi connectivity index (χ1v) is 7.80. The van der Waals surface area contributed by atoms with Gasteiger partial charge in [0, 0.05) is 12.6 Å². The average Bonchev–Trinajstić information content (AvgIpc) is 2.51. The average molecular weight is 351 g/mol. The molecule has 0 spiro atoms. The van der Waals surface area contributed by atoms with Gasteiger partial charge in [-0.05, 0) is 35.3 Å². The van der Waals surface area contributed by atoms with Crippen molar-refractivity contribution in [3.63, 3.8) is 0 Å².